The fourth-order valence-electron chi connectivity index (χ4n) is 6.06. The third-order valence-electron chi connectivity index (χ3n) is 11.3. The van der Waals surface area contributed by atoms with E-state index in [0.29, 0.717) is 5.56 Å². The first-order valence-electron chi connectivity index (χ1n) is 30.0. The van der Waals surface area contributed by atoms with Crippen molar-refractivity contribution in [1.82, 2.24) is 0 Å². The van der Waals surface area contributed by atoms with Crippen LogP contribution in [0.15, 0.2) is 188 Å². The Kier molecular flexibility index (Phi) is 173. The van der Waals surface area contributed by atoms with E-state index in [0.717, 1.165) is 91.0 Å². The van der Waals surface area contributed by atoms with Gasteiger partial charge in [0.2, 0.25) is 0 Å². The summed E-state index contributed by atoms with van der Waals surface area (Å²) in [6, 6.07) is 70.5. The molecule has 0 spiro atoms. The average molecular weight is 3060 g/mol. The normalized spacial score (nSPS) is 8.15. The van der Waals surface area contributed by atoms with Crippen LogP contribution < -0.4 is 0 Å². The van der Waals surface area contributed by atoms with Crippen LogP contribution in [0.4, 0.5) is 162 Å². The fourth-order valence-corrected chi connectivity index (χ4v) is 6.06. The second-order valence-corrected chi connectivity index (χ2v) is 19.9. The maximum Gasteiger partial charge on any atom is 0.394 e. The summed E-state index contributed by atoms with van der Waals surface area (Å²) >= 11 is 0. The van der Waals surface area contributed by atoms with Crippen LogP contribution in [0, 0.1) is 363 Å². The largest absolute Gasteiger partial charge is 0.394 e. The molecular formula is C94H73F37Y13-26. The van der Waals surface area contributed by atoms with Crippen molar-refractivity contribution in [3.05, 3.63) is 560 Å². The van der Waals surface area contributed by atoms with Crippen LogP contribution in [0.3, 0.4) is 0 Å². The van der Waals surface area contributed by atoms with E-state index in [9.17, 15) is 162 Å². The van der Waals surface area contributed by atoms with E-state index in [-0.39, 0.29) is 533 Å². The van der Waals surface area contributed by atoms with Gasteiger partial charge in [-0.3, -0.25) is 61.5 Å². The smallest absolute Gasteiger partial charge is 0.358 e. The molecule has 50 heteroatoms. The van der Waals surface area contributed by atoms with Gasteiger partial charge < -0.3 is 96.5 Å². The summed E-state index contributed by atoms with van der Waals surface area (Å²) in [7, 11) is 0. The number of rotatable bonds is 0. The molecule has 0 aliphatic rings. The van der Waals surface area contributed by atoms with Crippen molar-refractivity contribution < 1.29 is 588 Å². The number of hydrogen-bond acceptors (Lipinski definition) is 0. The molecule has 0 nitrogen and oxygen atoms in total. The van der Waals surface area contributed by atoms with Crippen LogP contribution in [0.5, 0.6) is 0 Å². The molecule has 13 rings (SSSR count). The van der Waals surface area contributed by atoms with Gasteiger partial charge in [0.05, 0.1) is 145 Å². The van der Waals surface area contributed by atoms with Crippen LogP contribution >= 0.6 is 0 Å². The van der Waals surface area contributed by atoms with Crippen molar-refractivity contribution in [3.8, 4) is 0 Å². The van der Waals surface area contributed by atoms with Crippen LogP contribution in [-0.2, 0) is 438 Å². The summed E-state index contributed by atoms with van der Waals surface area (Å²) in [5.41, 5.74) is -0.705. The minimum atomic E-state index is -4.25. The molecule has 144 heavy (non-hydrogen) atoms. The Morgan fingerprint density at radius 1 is 0.167 bits per heavy atom. The third-order valence-corrected chi connectivity index (χ3v) is 11.3. The first-order valence-corrected chi connectivity index (χ1v) is 30.0. The summed E-state index contributed by atoms with van der Waals surface area (Å²) in [5, 5.41) is 0. The molecule has 0 amide bonds. The van der Waals surface area contributed by atoms with Gasteiger partial charge in [-0.1, -0.05) is 18.1 Å². The Labute approximate surface area is 1150 Å². The number of benzene rings is 13. The molecule has 0 bridgehead atoms. The minimum absolute atomic E-state index is 0. The maximum atomic E-state index is 12.0. The molecule has 0 aliphatic carbocycles. The van der Waals surface area contributed by atoms with E-state index in [1.807, 2.05) is 60.7 Å². The van der Waals surface area contributed by atoms with E-state index < -0.39 is 192 Å². The first kappa shape index (κ1) is 213. The molecule has 0 aliphatic heterocycles. The monoisotopic (exact) mass is 3060 g/mol. The van der Waals surface area contributed by atoms with Gasteiger partial charge in [0, 0.05) is 460 Å². The molecule has 0 unspecified atom stereocenters. The zero-order valence-corrected chi connectivity index (χ0v) is 115. The van der Waals surface area contributed by atoms with Crippen LogP contribution in [0.2, 0.25) is 0 Å². The average Bonchev–Trinajstić information content (AvgIpc) is 0.846. The van der Waals surface area contributed by atoms with E-state index in [2.05, 4.69) is 48.5 Å². The quantitative estimate of drug-likeness (QED) is 0.0614. The summed E-state index contributed by atoms with van der Waals surface area (Å²) in [5.74, 6) is -53.0. The van der Waals surface area contributed by atoms with Gasteiger partial charge in [-0.05, 0) is 0 Å². The summed E-state index contributed by atoms with van der Waals surface area (Å²) in [6.45, 7) is 1.60. The van der Waals surface area contributed by atoms with Crippen molar-refractivity contribution in [3.63, 3.8) is 0 Å². The van der Waals surface area contributed by atoms with Gasteiger partial charge in [0.1, 0.15) is 0 Å². The standard InChI is InChI=1S/C8H6F3.C7H4F3.5C6F5.2C6H3F2.2C6H4F.2C6H5.13CH3.13Y/c1-6-3-2-4-7(5-6)8(9,10)11;8-7(9,10)6-4-2-1-3-5-6;5*7-2-1-3(8)5(10)6(11)4(2)9;2*7-5-2-1-3-6(8)4-5;2*7-6-4-2-1-3-5-6;2*1-2-4-6-5-3-1;;;;;;;;;;;;;;;;;;;;;;;;;;/h3-5H,1H3;2-5H;;;;;;2*2-4H;2*2-5H;2*1-5H;13*1H3;;;;;;;;;;;;;/q26*-1;;;;;;;;;;;;;. The van der Waals surface area contributed by atoms with E-state index in [1.54, 1.807) is 6.92 Å². The Balaban J connectivity index is -0.0000000432. The van der Waals surface area contributed by atoms with Crippen molar-refractivity contribution in [2.45, 2.75) is 19.3 Å². The third kappa shape index (κ3) is 90.5. The number of aryl methyl sites for hydroxylation is 1. The van der Waals surface area contributed by atoms with Gasteiger partial charge in [-0.15, -0.1) is 91.0 Å². The van der Waals surface area contributed by atoms with E-state index in [1.165, 1.54) is 66.7 Å². The molecule has 13 radical (unpaired) electrons. The molecule has 0 fully saturated rings. The zero-order valence-electron chi connectivity index (χ0n) is 77.9. The first-order chi connectivity index (χ1) is 55.2. The molecule has 0 saturated carbocycles. The predicted octanol–water partition coefficient (Wildman–Crippen LogP) is 31.8. The van der Waals surface area contributed by atoms with Gasteiger partial charge in [-0.25, -0.2) is 74.6 Å². The van der Waals surface area contributed by atoms with Crippen LogP contribution in [0.25, 0.3) is 0 Å². The fraction of sp³-hybridized carbons (Fsp3) is 0.0319. The van der Waals surface area contributed by atoms with Crippen LogP contribution in [0.1, 0.15) is 16.7 Å². The Bertz CT molecular complexity index is 4480. The van der Waals surface area contributed by atoms with Crippen molar-refractivity contribution >= 4 is 0 Å². The number of alkyl halides is 6. The van der Waals surface area contributed by atoms with Gasteiger partial charge in [0.15, 0.2) is 0 Å². The van der Waals surface area contributed by atoms with Gasteiger partial charge >= 0.3 is 12.4 Å². The summed E-state index contributed by atoms with van der Waals surface area (Å²) in [4.78, 5) is 0. The van der Waals surface area contributed by atoms with Crippen molar-refractivity contribution in [2.75, 3.05) is 0 Å². The number of hydrogen-bond donors (Lipinski definition) is 0. The van der Waals surface area contributed by atoms with Gasteiger partial charge in [-0.2, -0.15) is 208 Å². The van der Waals surface area contributed by atoms with E-state index >= 15 is 0 Å². The van der Waals surface area contributed by atoms with Crippen molar-refractivity contribution in [2.24, 2.45) is 0 Å². The Morgan fingerprint density at radius 3 is 0.431 bits per heavy atom. The van der Waals surface area contributed by atoms with E-state index in [4.69, 9.17) is 0 Å². The molecule has 0 saturated heterocycles. The molecule has 13 aromatic rings. The molecule has 0 heterocycles. The van der Waals surface area contributed by atoms with Gasteiger partial charge in [0.25, 0.3) is 0 Å². The summed E-state index contributed by atoms with van der Waals surface area (Å²) < 4.78 is 442. The molecule has 0 atom stereocenters. The topological polar surface area (TPSA) is 0 Å². The summed E-state index contributed by atoms with van der Waals surface area (Å²) in [6.07, 6.45) is -8.47. The number of halogens is 37. The molecule has 13 aromatic carbocycles. The molecular weight excluding hydrogens is 2990 g/mol. The molecule has 773 valence electrons. The second kappa shape index (κ2) is 117. The SMILES string of the molecule is Cc1c[c-]cc(C(F)(F)F)c1.FC(F)(F)c1cc[c-]cc1.Fc1[c-]c(F)c(F)c(F)c1F.Fc1[c-]c(F)c(F)c(F)c1F.Fc1[c-]c(F)c(F)c(F)c1F.Fc1[c-]c(F)c(F)c(F)c1F.Fc1[c-]c(F)c(F)c(F)c1F.Fc1c[c-]cc(F)c1.Fc1c[c-]cc(F)c1.Fc1cc[c-]cc1.Fc1cc[c-]cc1.[CH3-].[CH3-].[CH3-].[CH3-].[CH3-].[CH3-].[CH3-].[CH3-].[CH3-].[CH3-].[CH3-].[CH3-].[CH3-].[Y].[Y].[Y].[Y].[Y].[Y].[Y].[Y].[Y].[Y].[Y].[Y].[Y].[c-]1ccccc1.[c-]1ccccc1. The zero-order chi connectivity index (χ0) is 89.7. The minimum Gasteiger partial charge on any atom is -0.358 e. The van der Waals surface area contributed by atoms with Crippen LogP contribution in [-0.4, -0.2) is 0 Å². The maximum absolute atomic E-state index is 12.0. The second-order valence-electron chi connectivity index (χ2n) is 19.9. The molecule has 0 aromatic heterocycles. The van der Waals surface area contributed by atoms with Crippen molar-refractivity contribution in [1.29, 1.82) is 0 Å². The Hall–Kier alpha value is 1.62. The predicted molar refractivity (Wildman–Crippen MR) is 425 cm³/mol. The molecule has 0 N–H and O–H groups in total. The Morgan fingerprint density at radius 2 is 0.326 bits per heavy atom.